The van der Waals surface area contributed by atoms with Gasteiger partial charge in [0.15, 0.2) is 22.8 Å². The van der Waals surface area contributed by atoms with Crippen molar-refractivity contribution >= 4 is 28.7 Å². The van der Waals surface area contributed by atoms with Crippen LogP contribution in [0.2, 0.25) is 0 Å². The lowest BCUT2D eigenvalue weighted by Crippen LogP contribution is -2.43. The van der Waals surface area contributed by atoms with Crippen molar-refractivity contribution in [1.82, 2.24) is 19.9 Å². The molecule has 0 saturated carbocycles. The van der Waals surface area contributed by atoms with Gasteiger partial charge in [-0.15, -0.1) is 0 Å². The van der Waals surface area contributed by atoms with Gasteiger partial charge < -0.3 is 29.3 Å². The van der Waals surface area contributed by atoms with Crippen LogP contribution in [0.3, 0.4) is 0 Å². The van der Waals surface area contributed by atoms with Crippen LogP contribution in [0.25, 0.3) is 11.2 Å². The fourth-order valence-electron chi connectivity index (χ4n) is 5.29. The first kappa shape index (κ1) is 26.5. The summed E-state index contributed by atoms with van der Waals surface area (Å²) >= 11 is 0. The molecule has 0 spiro atoms. The van der Waals surface area contributed by atoms with Gasteiger partial charge in [0.05, 0.1) is 31.1 Å². The average Bonchev–Trinajstić information content (AvgIpc) is 2.88. The molecule has 0 bridgehead atoms. The van der Waals surface area contributed by atoms with Gasteiger partial charge in [0, 0.05) is 38.6 Å². The van der Waals surface area contributed by atoms with E-state index in [1.807, 2.05) is 36.9 Å². The number of benzene rings is 1. The second kappa shape index (κ2) is 11.3. The summed E-state index contributed by atoms with van der Waals surface area (Å²) in [6.07, 6.45) is 0.0466. The lowest BCUT2D eigenvalue weighted by atomic mass is 10.1. The van der Waals surface area contributed by atoms with Crippen LogP contribution in [0.1, 0.15) is 45.9 Å². The Morgan fingerprint density at radius 1 is 0.921 bits per heavy atom. The van der Waals surface area contributed by atoms with E-state index in [1.54, 1.807) is 6.92 Å². The van der Waals surface area contributed by atoms with E-state index in [2.05, 4.69) is 35.8 Å². The van der Waals surface area contributed by atoms with Crippen molar-refractivity contribution in [3.63, 3.8) is 0 Å². The van der Waals surface area contributed by atoms with E-state index in [9.17, 15) is 5.11 Å². The zero-order valence-electron chi connectivity index (χ0n) is 23.0. The normalized spacial score (nSPS) is 21.2. The number of ether oxygens (including phenoxy) is 2. The number of nitrogens with zero attached hydrogens (tertiary/aromatic N) is 7. The first-order valence-electron chi connectivity index (χ1n) is 13.6. The third-order valence-corrected chi connectivity index (χ3v) is 7.03. The van der Waals surface area contributed by atoms with Gasteiger partial charge in [-0.05, 0) is 40.2 Å². The van der Waals surface area contributed by atoms with Crippen LogP contribution in [0, 0.1) is 0 Å². The summed E-state index contributed by atoms with van der Waals surface area (Å²) in [7, 11) is 0. The predicted molar refractivity (Wildman–Crippen MR) is 149 cm³/mol. The molecule has 3 atom stereocenters. The standard InChI is InChI=1S/C28H39N7O3/c1-18(2)35(21(5)36)27-24-25(31-28(32-27)34-12-14-38-20(4)17-34)30-26(33-11-13-37-19(3)16-33)23(29-24)15-22-9-7-6-8-10-22/h6-10,18-21,36H,11-17H2,1-5H3. The third-order valence-electron chi connectivity index (χ3n) is 7.03. The number of morpholine rings is 2. The van der Waals surface area contributed by atoms with E-state index in [0.717, 1.165) is 30.2 Å². The topological polar surface area (TPSA) is 100.0 Å². The highest BCUT2D eigenvalue weighted by atomic mass is 16.5. The minimum absolute atomic E-state index is 0.0105. The summed E-state index contributed by atoms with van der Waals surface area (Å²) < 4.78 is 11.6. The number of anilines is 3. The molecule has 3 unspecified atom stereocenters. The van der Waals surface area contributed by atoms with Gasteiger partial charge in [-0.3, -0.25) is 0 Å². The van der Waals surface area contributed by atoms with Gasteiger partial charge in [-0.25, -0.2) is 9.97 Å². The van der Waals surface area contributed by atoms with E-state index in [0.29, 0.717) is 55.7 Å². The molecule has 10 heteroatoms. The minimum Gasteiger partial charge on any atom is -0.375 e. The van der Waals surface area contributed by atoms with Gasteiger partial charge in [0.2, 0.25) is 5.95 Å². The Balaban J connectivity index is 1.70. The molecule has 38 heavy (non-hydrogen) atoms. The Hall–Kier alpha value is -3.08. The van der Waals surface area contributed by atoms with Crippen molar-refractivity contribution in [3.8, 4) is 0 Å². The molecule has 2 saturated heterocycles. The molecule has 2 fully saturated rings. The fraction of sp³-hybridized carbons (Fsp3) is 0.571. The molecule has 4 heterocycles. The number of hydrogen-bond acceptors (Lipinski definition) is 10. The zero-order valence-corrected chi connectivity index (χ0v) is 23.0. The molecule has 2 aliphatic rings. The third kappa shape index (κ3) is 5.67. The van der Waals surface area contributed by atoms with Crippen LogP contribution < -0.4 is 14.7 Å². The molecule has 5 rings (SSSR count). The molecule has 1 N–H and O–H groups in total. The summed E-state index contributed by atoms with van der Waals surface area (Å²) in [6, 6.07) is 10.3. The van der Waals surface area contributed by atoms with Crippen LogP contribution in [-0.4, -0.2) is 88.9 Å². The van der Waals surface area contributed by atoms with E-state index in [4.69, 9.17) is 29.4 Å². The van der Waals surface area contributed by atoms with Crippen molar-refractivity contribution in [3.05, 3.63) is 41.6 Å². The first-order valence-corrected chi connectivity index (χ1v) is 13.6. The van der Waals surface area contributed by atoms with Gasteiger partial charge in [-0.2, -0.15) is 9.97 Å². The van der Waals surface area contributed by atoms with Crippen molar-refractivity contribution < 1.29 is 14.6 Å². The highest BCUT2D eigenvalue weighted by molar-refractivity contribution is 5.86. The smallest absolute Gasteiger partial charge is 0.229 e. The molecule has 0 radical (unpaired) electrons. The molecule has 3 aromatic rings. The van der Waals surface area contributed by atoms with Crippen molar-refractivity contribution in [2.45, 2.75) is 65.5 Å². The molecular formula is C28H39N7O3. The lowest BCUT2D eigenvalue weighted by molar-refractivity contribution is 0.0526. The number of aromatic nitrogens is 4. The number of fused-ring (bicyclic) bond motifs is 1. The number of hydrogen-bond donors (Lipinski definition) is 1. The Kier molecular flexibility index (Phi) is 7.92. The van der Waals surface area contributed by atoms with Crippen molar-refractivity contribution in [2.75, 3.05) is 54.1 Å². The van der Waals surface area contributed by atoms with Gasteiger partial charge in [0.25, 0.3) is 0 Å². The Morgan fingerprint density at radius 3 is 2.21 bits per heavy atom. The number of aliphatic hydroxyl groups excluding tert-OH is 1. The lowest BCUT2D eigenvalue weighted by Gasteiger charge is -2.35. The van der Waals surface area contributed by atoms with Crippen LogP contribution in [0.15, 0.2) is 30.3 Å². The molecule has 10 nitrogen and oxygen atoms in total. The molecule has 2 aromatic heterocycles. The second-order valence-corrected chi connectivity index (χ2v) is 10.6. The van der Waals surface area contributed by atoms with E-state index >= 15 is 0 Å². The molecule has 0 amide bonds. The van der Waals surface area contributed by atoms with E-state index < -0.39 is 6.23 Å². The Bertz CT molecular complexity index is 1230. The number of rotatable bonds is 7. The second-order valence-electron chi connectivity index (χ2n) is 10.6. The highest BCUT2D eigenvalue weighted by Crippen LogP contribution is 2.32. The first-order chi connectivity index (χ1) is 18.3. The van der Waals surface area contributed by atoms with Gasteiger partial charge in [-0.1, -0.05) is 30.3 Å². The van der Waals surface area contributed by atoms with Crippen LogP contribution in [0.4, 0.5) is 17.6 Å². The molecule has 204 valence electrons. The molecule has 0 aliphatic carbocycles. The number of aliphatic hydroxyl groups is 1. The maximum Gasteiger partial charge on any atom is 0.229 e. The summed E-state index contributed by atoms with van der Waals surface area (Å²) in [5.74, 6) is 2.01. The van der Waals surface area contributed by atoms with E-state index in [-0.39, 0.29) is 18.2 Å². The highest BCUT2D eigenvalue weighted by Gasteiger charge is 2.29. The van der Waals surface area contributed by atoms with Crippen LogP contribution in [0.5, 0.6) is 0 Å². The summed E-state index contributed by atoms with van der Waals surface area (Å²) in [5.41, 5.74) is 3.15. The van der Waals surface area contributed by atoms with Gasteiger partial charge >= 0.3 is 0 Å². The summed E-state index contributed by atoms with van der Waals surface area (Å²) in [5, 5.41) is 10.8. The summed E-state index contributed by atoms with van der Waals surface area (Å²) in [4.78, 5) is 26.6. The zero-order chi connectivity index (χ0) is 26.8. The Morgan fingerprint density at radius 2 is 1.58 bits per heavy atom. The van der Waals surface area contributed by atoms with E-state index in [1.165, 1.54) is 0 Å². The van der Waals surface area contributed by atoms with Crippen LogP contribution in [-0.2, 0) is 15.9 Å². The SMILES string of the molecule is CC1CN(c2nc(N(C(C)C)C(C)O)c3nc(Cc4ccccc4)c(N4CCOC(C)C4)nc3n2)CCO1. The molecule has 1 aromatic carbocycles. The van der Waals surface area contributed by atoms with Crippen LogP contribution >= 0.6 is 0 Å². The van der Waals surface area contributed by atoms with Gasteiger partial charge in [0.1, 0.15) is 6.23 Å². The monoisotopic (exact) mass is 521 g/mol. The van der Waals surface area contributed by atoms with Crippen molar-refractivity contribution in [1.29, 1.82) is 0 Å². The predicted octanol–water partition coefficient (Wildman–Crippen LogP) is 3.01. The Labute approximate surface area is 224 Å². The largest absolute Gasteiger partial charge is 0.375 e. The maximum absolute atomic E-state index is 10.8. The minimum atomic E-state index is -0.760. The average molecular weight is 522 g/mol. The fourth-order valence-corrected chi connectivity index (χ4v) is 5.29. The molecule has 2 aliphatic heterocycles. The maximum atomic E-state index is 10.8. The summed E-state index contributed by atoms with van der Waals surface area (Å²) in [6.45, 7) is 14.1. The quantitative estimate of drug-likeness (QED) is 0.467. The van der Waals surface area contributed by atoms with Crippen molar-refractivity contribution in [2.24, 2.45) is 0 Å². The molecular weight excluding hydrogens is 482 g/mol.